The minimum atomic E-state index is -0.187. The second-order valence-electron chi connectivity index (χ2n) is 5.18. The molecule has 20 heavy (non-hydrogen) atoms. The lowest BCUT2D eigenvalue weighted by Crippen LogP contribution is -2.29. The van der Waals surface area contributed by atoms with Gasteiger partial charge in [0.1, 0.15) is 10.8 Å². The van der Waals surface area contributed by atoms with Gasteiger partial charge in [0.15, 0.2) is 0 Å². The highest BCUT2D eigenvalue weighted by Gasteiger charge is 2.13. The summed E-state index contributed by atoms with van der Waals surface area (Å²) in [5.74, 6) is 0.477. The maximum Gasteiger partial charge on any atom is 0.127 e. The first-order valence-corrected chi connectivity index (χ1v) is 7.73. The fourth-order valence-electron chi connectivity index (χ4n) is 2.31. The Bertz CT molecular complexity index is 444. The lowest BCUT2D eigenvalue weighted by molar-refractivity contribution is 0.223. The van der Waals surface area contributed by atoms with Gasteiger partial charge in [0.25, 0.3) is 0 Å². The van der Waals surface area contributed by atoms with Gasteiger partial charge in [-0.3, -0.25) is 4.90 Å². The first kappa shape index (κ1) is 17.1. The van der Waals surface area contributed by atoms with Crippen LogP contribution in [0.25, 0.3) is 0 Å². The summed E-state index contributed by atoms with van der Waals surface area (Å²) >= 11 is 4.96. The Morgan fingerprint density at radius 2 is 1.95 bits per heavy atom. The summed E-state index contributed by atoms with van der Waals surface area (Å²) in [7, 11) is 0. The van der Waals surface area contributed by atoms with Gasteiger partial charge in [-0.25, -0.2) is 4.39 Å². The Kier molecular flexibility index (Phi) is 7.10. The molecule has 0 saturated carbocycles. The number of hydrogen-bond donors (Lipinski definition) is 1. The summed E-state index contributed by atoms with van der Waals surface area (Å²) in [6, 6.07) is 4.86. The molecule has 0 fully saturated rings. The van der Waals surface area contributed by atoms with Crippen LogP contribution in [0, 0.1) is 11.7 Å². The van der Waals surface area contributed by atoms with Crippen molar-refractivity contribution in [2.24, 2.45) is 11.7 Å². The fourth-order valence-corrected chi connectivity index (χ4v) is 2.43. The molecule has 0 heterocycles. The van der Waals surface area contributed by atoms with Crippen LogP contribution in [0.3, 0.4) is 0 Å². The smallest absolute Gasteiger partial charge is 0.127 e. The zero-order chi connectivity index (χ0) is 15.1. The minimum Gasteiger partial charge on any atom is -0.389 e. The maximum atomic E-state index is 13.9. The average molecular weight is 296 g/mol. The van der Waals surface area contributed by atoms with Crippen LogP contribution in [0.15, 0.2) is 18.2 Å². The molecule has 2 nitrogen and oxygen atoms in total. The van der Waals surface area contributed by atoms with Gasteiger partial charge in [0.2, 0.25) is 0 Å². The van der Waals surface area contributed by atoms with E-state index in [1.807, 2.05) is 0 Å². The third-order valence-corrected chi connectivity index (χ3v) is 4.08. The molecule has 1 aromatic carbocycles. The molecule has 0 aliphatic carbocycles. The summed E-state index contributed by atoms with van der Waals surface area (Å²) in [5, 5.41) is 0. The number of nitrogens with two attached hydrogens (primary N) is 1. The lowest BCUT2D eigenvalue weighted by Gasteiger charge is -2.25. The molecule has 0 spiro atoms. The molecule has 1 aromatic rings. The Morgan fingerprint density at radius 1 is 1.30 bits per heavy atom. The van der Waals surface area contributed by atoms with Gasteiger partial charge in [-0.15, -0.1) is 0 Å². The van der Waals surface area contributed by atoms with Crippen molar-refractivity contribution in [1.82, 2.24) is 4.90 Å². The van der Waals surface area contributed by atoms with Crippen LogP contribution in [0.2, 0.25) is 0 Å². The van der Waals surface area contributed by atoms with Crippen molar-refractivity contribution in [3.05, 3.63) is 35.1 Å². The molecule has 0 saturated heterocycles. The molecular formula is C16H25FN2S. The van der Waals surface area contributed by atoms with E-state index >= 15 is 0 Å². The summed E-state index contributed by atoms with van der Waals surface area (Å²) in [6.45, 7) is 9.03. The highest BCUT2D eigenvalue weighted by atomic mass is 32.1. The van der Waals surface area contributed by atoms with Crippen LogP contribution < -0.4 is 5.73 Å². The number of benzene rings is 1. The third kappa shape index (κ3) is 4.84. The van der Waals surface area contributed by atoms with Gasteiger partial charge in [0.05, 0.1) is 0 Å². The quantitative estimate of drug-likeness (QED) is 0.741. The number of nitrogens with zero attached hydrogens (tertiary/aromatic N) is 1. The van der Waals surface area contributed by atoms with Gasteiger partial charge in [0, 0.05) is 24.2 Å². The predicted octanol–water partition coefficient (Wildman–Crippen LogP) is 3.72. The standard InChI is InChI=1S/C16H25FN2S/c1-4-12(5-2)10-19(6-3)11-14-9-13(16(18)20)7-8-15(14)17/h7-9,12H,4-6,10-11H2,1-3H3,(H2,18,20). The first-order valence-electron chi connectivity index (χ1n) is 7.32. The van der Waals surface area contributed by atoms with Crippen LogP contribution in [-0.2, 0) is 6.54 Å². The molecule has 0 radical (unpaired) electrons. The summed E-state index contributed by atoms with van der Waals surface area (Å²) in [4.78, 5) is 2.59. The van der Waals surface area contributed by atoms with Crippen molar-refractivity contribution in [2.75, 3.05) is 13.1 Å². The van der Waals surface area contributed by atoms with Crippen molar-refractivity contribution in [3.8, 4) is 0 Å². The molecule has 0 atom stereocenters. The van der Waals surface area contributed by atoms with E-state index in [-0.39, 0.29) is 5.82 Å². The van der Waals surface area contributed by atoms with E-state index in [0.29, 0.717) is 23.0 Å². The van der Waals surface area contributed by atoms with Crippen molar-refractivity contribution in [1.29, 1.82) is 0 Å². The first-order chi connectivity index (χ1) is 9.51. The van der Waals surface area contributed by atoms with Crippen LogP contribution in [0.5, 0.6) is 0 Å². The van der Waals surface area contributed by atoms with E-state index < -0.39 is 0 Å². The minimum absolute atomic E-state index is 0.187. The highest BCUT2D eigenvalue weighted by Crippen LogP contribution is 2.16. The van der Waals surface area contributed by atoms with Crippen LogP contribution >= 0.6 is 12.2 Å². The summed E-state index contributed by atoms with van der Waals surface area (Å²) in [5.41, 5.74) is 7.02. The SMILES string of the molecule is CCC(CC)CN(CC)Cc1cc(C(N)=S)ccc1F. The van der Waals surface area contributed by atoms with Crippen molar-refractivity contribution in [2.45, 2.75) is 40.2 Å². The second kappa shape index (κ2) is 8.32. The van der Waals surface area contributed by atoms with Gasteiger partial charge in [-0.1, -0.05) is 45.8 Å². The Hall–Kier alpha value is -1.00. The molecular weight excluding hydrogens is 271 g/mol. The van der Waals surface area contributed by atoms with Gasteiger partial charge in [-0.2, -0.15) is 0 Å². The molecule has 0 amide bonds. The lowest BCUT2D eigenvalue weighted by atomic mass is 10.0. The predicted molar refractivity (Wildman–Crippen MR) is 87.3 cm³/mol. The van der Waals surface area contributed by atoms with E-state index in [9.17, 15) is 4.39 Å². The van der Waals surface area contributed by atoms with Crippen LogP contribution in [-0.4, -0.2) is 23.0 Å². The summed E-state index contributed by atoms with van der Waals surface area (Å²) in [6.07, 6.45) is 2.31. The molecule has 0 aliphatic heterocycles. The van der Waals surface area contributed by atoms with E-state index in [4.69, 9.17) is 18.0 Å². The molecule has 0 unspecified atom stereocenters. The fraction of sp³-hybridized carbons (Fsp3) is 0.562. The van der Waals surface area contributed by atoms with Gasteiger partial charge < -0.3 is 5.73 Å². The maximum absolute atomic E-state index is 13.9. The van der Waals surface area contributed by atoms with Crippen LogP contribution in [0.1, 0.15) is 44.7 Å². The van der Waals surface area contributed by atoms with E-state index in [1.54, 1.807) is 12.1 Å². The topological polar surface area (TPSA) is 29.3 Å². The molecule has 4 heteroatoms. The van der Waals surface area contributed by atoms with Crippen molar-refractivity contribution in [3.63, 3.8) is 0 Å². The van der Waals surface area contributed by atoms with Gasteiger partial charge >= 0.3 is 0 Å². The normalized spacial score (nSPS) is 11.3. The second-order valence-corrected chi connectivity index (χ2v) is 5.62. The molecule has 0 bridgehead atoms. The molecule has 2 N–H and O–H groups in total. The zero-order valence-electron chi connectivity index (χ0n) is 12.7. The Balaban J connectivity index is 2.83. The average Bonchev–Trinajstić information content (AvgIpc) is 2.45. The van der Waals surface area contributed by atoms with Gasteiger partial charge in [-0.05, 0) is 30.7 Å². The molecule has 0 aromatic heterocycles. The molecule has 1 rings (SSSR count). The number of thiocarbonyl (C=S) groups is 1. The molecule has 0 aliphatic rings. The number of rotatable bonds is 8. The Labute approximate surface area is 127 Å². The third-order valence-electron chi connectivity index (χ3n) is 3.84. The monoisotopic (exact) mass is 296 g/mol. The van der Waals surface area contributed by atoms with Crippen molar-refractivity contribution >= 4 is 17.2 Å². The van der Waals surface area contributed by atoms with Crippen LogP contribution in [0.4, 0.5) is 4.39 Å². The van der Waals surface area contributed by atoms with Crippen molar-refractivity contribution < 1.29 is 4.39 Å². The van der Waals surface area contributed by atoms with E-state index in [1.165, 1.54) is 6.07 Å². The van der Waals surface area contributed by atoms with E-state index in [2.05, 4.69) is 25.7 Å². The van der Waals surface area contributed by atoms with E-state index in [0.717, 1.165) is 31.5 Å². The Morgan fingerprint density at radius 3 is 2.45 bits per heavy atom. The molecule has 112 valence electrons. The largest absolute Gasteiger partial charge is 0.389 e. The summed E-state index contributed by atoms with van der Waals surface area (Å²) < 4.78 is 13.9. The highest BCUT2D eigenvalue weighted by molar-refractivity contribution is 7.80. The number of hydrogen-bond acceptors (Lipinski definition) is 2. The zero-order valence-corrected chi connectivity index (χ0v) is 13.5. The number of halogens is 1.